The van der Waals surface area contributed by atoms with Crippen LogP contribution in [0, 0.1) is 5.41 Å². The lowest BCUT2D eigenvalue weighted by atomic mass is 10.2. The highest BCUT2D eigenvalue weighted by molar-refractivity contribution is 5.93. The first-order chi connectivity index (χ1) is 8.06. The lowest BCUT2D eigenvalue weighted by molar-refractivity contribution is 0.0572. The van der Waals surface area contributed by atoms with E-state index in [0.717, 1.165) is 5.56 Å². The van der Waals surface area contributed by atoms with Crippen LogP contribution in [-0.4, -0.2) is 51.2 Å². The van der Waals surface area contributed by atoms with Crippen LogP contribution in [0.25, 0.3) is 0 Å². The third-order valence-electron chi connectivity index (χ3n) is 2.84. The second-order valence-electron chi connectivity index (χ2n) is 4.29. The molecule has 6 nitrogen and oxygen atoms in total. The van der Waals surface area contributed by atoms with Crippen LogP contribution in [0.5, 0.6) is 0 Å². The van der Waals surface area contributed by atoms with Gasteiger partial charge in [0.05, 0.1) is 12.2 Å². The number of hydrogen-bond donors (Lipinski definition) is 4. The first-order valence-corrected chi connectivity index (χ1v) is 5.44. The fourth-order valence-corrected chi connectivity index (χ4v) is 1.95. The largest absolute Gasteiger partial charge is 0.389 e. The van der Waals surface area contributed by atoms with Gasteiger partial charge in [-0.2, -0.15) is 0 Å². The van der Waals surface area contributed by atoms with E-state index in [1.807, 2.05) is 11.0 Å². The van der Waals surface area contributed by atoms with Crippen molar-refractivity contribution in [3.8, 4) is 0 Å². The van der Waals surface area contributed by atoms with Gasteiger partial charge in [0.25, 0.3) is 0 Å². The Labute approximate surface area is 99.2 Å². The summed E-state index contributed by atoms with van der Waals surface area (Å²) >= 11 is 0. The maximum Gasteiger partial charge on any atom is 0.141 e. The quantitative estimate of drug-likeness (QED) is 0.394. The van der Waals surface area contributed by atoms with E-state index in [1.54, 1.807) is 12.3 Å². The van der Waals surface area contributed by atoms with Crippen molar-refractivity contribution in [1.82, 2.24) is 9.88 Å². The van der Waals surface area contributed by atoms with Crippen LogP contribution < -0.4 is 5.73 Å². The molecule has 2 atom stereocenters. The molecule has 0 aromatic carbocycles. The summed E-state index contributed by atoms with van der Waals surface area (Å²) in [4.78, 5) is 5.93. The molecule has 0 saturated carbocycles. The van der Waals surface area contributed by atoms with E-state index in [1.165, 1.54) is 0 Å². The molecule has 0 aliphatic carbocycles. The first kappa shape index (κ1) is 12.0. The Bertz CT molecular complexity index is 414. The van der Waals surface area contributed by atoms with E-state index < -0.39 is 12.2 Å². The van der Waals surface area contributed by atoms with E-state index >= 15 is 0 Å². The number of aromatic nitrogens is 1. The Hall–Kier alpha value is -1.50. The van der Waals surface area contributed by atoms with Crippen molar-refractivity contribution < 1.29 is 10.2 Å². The van der Waals surface area contributed by atoms with Crippen molar-refractivity contribution >= 4 is 5.84 Å². The number of pyridine rings is 1. The van der Waals surface area contributed by atoms with Crippen LogP contribution in [-0.2, 0) is 6.54 Å². The molecule has 2 rings (SSSR count). The minimum absolute atomic E-state index is 0.0617. The summed E-state index contributed by atoms with van der Waals surface area (Å²) in [6.45, 7) is 1.52. The van der Waals surface area contributed by atoms with Crippen LogP contribution in [0.1, 0.15) is 11.3 Å². The number of aliphatic hydroxyl groups excluding tert-OH is 2. The Morgan fingerprint density at radius 3 is 2.71 bits per heavy atom. The predicted octanol–water partition coefficient (Wildman–Crippen LogP) is -1.10. The van der Waals surface area contributed by atoms with Gasteiger partial charge in [0.15, 0.2) is 0 Å². The fraction of sp³-hybridized carbons (Fsp3) is 0.455. The van der Waals surface area contributed by atoms with Crippen molar-refractivity contribution in [2.45, 2.75) is 18.8 Å². The maximum atomic E-state index is 9.43. The van der Waals surface area contributed by atoms with Gasteiger partial charge in [0.1, 0.15) is 11.5 Å². The standard InChI is InChI=1S/C11H16N4O2/c12-11(13)8-3-7(1-2-14-8)4-15-5-9(16)10(17)6-15/h1-3,9-10,16-17H,4-6H2,(H3,12,13). The summed E-state index contributed by atoms with van der Waals surface area (Å²) in [5, 5.41) is 26.2. The zero-order chi connectivity index (χ0) is 12.4. The molecule has 92 valence electrons. The Morgan fingerprint density at radius 2 is 2.12 bits per heavy atom. The summed E-state index contributed by atoms with van der Waals surface area (Å²) in [7, 11) is 0. The second kappa shape index (κ2) is 4.79. The smallest absolute Gasteiger partial charge is 0.141 e. The molecule has 6 heteroatoms. The molecule has 2 unspecified atom stereocenters. The number of nitrogens with zero attached hydrogens (tertiary/aromatic N) is 2. The number of nitrogens with one attached hydrogen (secondary N) is 1. The van der Waals surface area contributed by atoms with E-state index in [-0.39, 0.29) is 5.84 Å². The molecule has 0 spiro atoms. The lowest BCUT2D eigenvalue weighted by Crippen LogP contribution is -2.22. The number of nitrogen functional groups attached to an aromatic ring is 1. The third kappa shape index (κ3) is 2.79. The first-order valence-electron chi connectivity index (χ1n) is 5.44. The van der Waals surface area contributed by atoms with Crippen LogP contribution in [0.2, 0.25) is 0 Å². The lowest BCUT2D eigenvalue weighted by Gasteiger charge is -2.14. The molecule has 1 saturated heterocycles. The van der Waals surface area contributed by atoms with Gasteiger partial charge in [-0.3, -0.25) is 15.3 Å². The summed E-state index contributed by atoms with van der Waals surface area (Å²) in [6.07, 6.45) is 0.253. The van der Waals surface area contributed by atoms with Gasteiger partial charge in [-0.15, -0.1) is 0 Å². The number of hydrogen-bond acceptors (Lipinski definition) is 5. The van der Waals surface area contributed by atoms with E-state index in [4.69, 9.17) is 11.1 Å². The van der Waals surface area contributed by atoms with Gasteiger partial charge in [-0.1, -0.05) is 0 Å². The number of aliphatic hydroxyl groups is 2. The summed E-state index contributed by atoms with van der Waals surface area (Å²) in [5.41, 5.74) is 6.77. The van der Waals surface area contributed by atoms with Crippen molar-refractivity contribution in [2.75, 3.05) is 13.1 Å². The number of β-amino-alcohol motifs (C(OH)–C–C–N with tert-alkyl or cyclic N) is 2. The van der Waals surface area contributed by atoms with Crippen molar-refractivity contribution in [2.24, 2.45) is 5.73 Å². The summed E-state index contributed by atoms with van der Waals surface area (Å²) < 4.78 is 0. The highest BCUT2D eigenvalue weighted by Gasteiger charge is 2.29. The number of likely N-dealkylation sites (tertiary alicyclic amines) is 1. The van der Waals surface area contributed by atoms with Crippen LogP contribution in [0.15, 0.2) is 18.3 Å². The van der Waals surface area contributed by atoms with Crippen molar-refractivity contribution in [3.63, 3.8) is 0 Å². The molecule has 2 heterocycles. The molecule has 1 aromatic rings. The van der Waals surface area contributed by atoms with Gasteiger partial charge in [0, 0.05) is 25.8 Å². The molecule has 0 amide bonds. The molecular formula is C11H16N4O2. The normalized spacial score (nSPS) is 25.1. The second-order valence-corrected chi connectivity index (χ2v) is 4.29. The molecule has 5 N–H and O–H groups in total. The Balaban J connectivity index is 2.04. The third-order valence-corrected chi connectivity index (χ3v) is 2.84. The summed E-state index contributed by atoms with van der Waals surface area (Å²) in [6, 6.07) is 3.59. The van der Waals surface area contributed by atoms with Gasteiger partial charge < -0.3 is 15.9 Å². The van der Waals surface area contributed by atoms with Crippen LogP contribution in [0.4, 0.5) is 0 Å². The van der Waals surface area contributed by atoms with Crippen LogP contribution >= 0.6 is 0 Å². The summed E-state index contributed by atoms with van der Waals surface area (Å²) in [5.74, 6) is -0.0617. The van der Waals surface area contributed by atoms with Gasteiger partial charge >= 0.3 is 0 Å². The fourth-order valence-electron chi connectivity index (χ4n) is 1.95. The molecular weight excluding hydrogens is 220 g/mol. The van der Waals surface area contributed by atoms with E-state index in [9.17, 15) is 10.2 Å². The zero-order valence-electron chi connectivity index (χ0n) is 9.37. The maximum absolute atomic E-state index is 9.43. The van der Waals surface area contributed by atoms with E-state index in [0.29, 0.717) is 25.3 Å². The van der Waals surface area contributed by atoms with Crippen molar-refractivity contribution in [1.29, 1.82) is 5.41 Å². The molecule has 1 fully saturated rings. The Morgan fingerprint density at radius 1 is 1.47 bits per heavy atom. The molecule has 1 aliphatic heterocycles. The minimum Gasteiger partial charge on any atom is -0.389 e. The molecule has 17 heavy (non-hydrogen) atoms. The number of rotatable bonds is 3. The highest BCUT2D eigenvalue weighted by atomic mass is 16.3. The van der Waals surface area contributed by atoms with Crippen molar-refractivity contribution in [3.05, 3.63) is 29.6 Å². The van der Waals surface area contributed by atoms with Gasteiger partial charge in [-0.25, -0.2) is 0 Å². The number of nitrogens with two attached hydrogens (primary N) is 1. The molecule has 1 aliphatic rings. The Kier molecular flexibility index (Phi) is 3.37. The SMILES string of the molecule is N=C(N)c1cc(CN2CC(O)C(O)C2)ccn1. The van der Waals surface area contributed by atoms with Gasteiger partial charge in [-0.05, 0) is 17.7 Å². The average Bonchev–Trinajstić information content (AvgIpc) is 2.58. The molecule has 1 aromatic heterocycles. The minimum atomic E-state index is -0.677. The monoisotopic (exact) mass is 236 g/mol. The zero-order valence-corrected chi connectivity index (χ0v) is 9.37. The highest BCUT2D eigenvalue weighted by Crippen LogP contribution is 2.14. The molecule has 0 bridgehead atoms. The predicted molar refractivity (Wildman–Crippen MR) is 62.5 cm³/mol. The van der Waals surface area contributed by atoms with Crippen LogP contribution in [0.3, 0.4) is 0 Å². The number of amidine groups is 1. The van der Waals surface area contributed by atoms with E-state index in [2.05, 4.69) is 4.98 Å². The van der Waals surface area contributed by atoms with Gasteiger partial charge in [0.2, 0.25) is 0 Å². The topological polar surface area (TPSA) is 106 Å². The molecule has 0 radical (unpaired) electrons. The average molecular weight is 236 g/mol.